The predicted octanol–water partition coefficient (Wildman–Crippen LogP) is 5.40. The Labute approximate surface area is 251 Å². The lowest BCUT2D eigenvalue weighted by molar-refractivity contribution is -0.169. The van der Waals surface area contributed by atoms with Gasteiger partial charge in [-0.2, -0.15) is 0 Å². The number of nitrogens with zero attached hydrogens (tertiary/aromatic N) is 3. The van der Waals surface area contributed by atoms with E-state index >= 15 is 0 Å². The van der Waals surface area contributed by atoms with E-state index in [0.29, 0.717) is 47.7 Å². The summed E-state index contributed by atoms with van der Waals surface area (Å²) in [6.45, 7) is 3.81. The molecule has 0 bridgehead atoms. The third-order valence-electron chi connectivity index (χ3n) is 7.46. The minimum absolute atomic E-state index is 0.0156. The van der Waals surface area contributed by atoms with E-state index in [9.17, 15) is 5.11 Å². The van der Waals surface area contributed by atoms with Crippen molar-refractivity contribution < 1.29 is 24.4 Å². The maximum atomic E-state index is 11.2. The molecular formula is C31H37Cl2N3O5. The summed E-state index contributed by atoms with van der Waals surface area (Å²) >= 11 is 12.9. The van der Waals surface area contributed by atoms with Crippen molar-refractivity contribution in [2.75, 3.05) is 50.9 Å². The maximum Gasteiger partial charge on any atom is 0.158 e. The van der Waals surface area contributed by atoms with Crippen molar-refractivity contribution in [1.82, 2.24) is 9.88 Å². The van der Waals surface area contributed by atoms with Crippen LogP contribution in [-0.2, 0) is 16.1 Å². The monoisotopic (exact) mass is 601 g/mol. The van der Waals surface area contributed by atoms with E-state index in [-0.39, 0.29) is 25.5 Å². The lowest BCUT2D eigenvalue weighted by Gasteiger charge is -2.44. The molecule has 2 saturated heterocycles. The van der Waals surface area contributed by atoms with Crippen LogP contribution >= 0.6 is 23.2 Å². The fourth-order valence-electron chi connectivity index (χ4n) is 5.36. The Hall–Kier alpha value is -2.43. The molecule has 2 fully saturated rings. The molecule has 8 nitrogen and oxygen atoms in total. The smallest absolute Gasteiger partial charge is 0.158 e. The summed E-state index contributed by atoms with van der Waals surface area (Å²) in [5, 5.41) is 21.5. The number of aliphatic hydroxyl groups excluding tert-OH is 2. The third kappa shape index (κ3) is 8.11. The molecule has 3 aromatic rings. The van der Waals surface area contributed by atoms with E-state index in [0.717, 1.165) is 49.4 Å². The molecule has 0 saturated carbocycles. The van der Waals surface area contributed by atoms with Gasteiger partial charge in [-0.25, -0.2) is 0 Å². The van der Waals surface area contributed by atoms with Crippen LogP contribution < -0.4 is 9.64 Å². The fraction of sp³-hybridized carbons (Fsp3) is 0.452. The standard InChI is InChI=1S/C31H37Cl2N3O5/c32-23-9-7-22(8-10-23)29-19-35(13-14-36(29)28-12-11-25(18-26(28)33)39-17-15-37)20-30(38)27-5-3-4-24(34-27)21-41-31-6-1-2-16-40-31/h3-5,7-12,18,29-31,37-38H,1-2,6,13-17,19-21H2/t29-,30+,31?/m0/s1. The minimum atomic E-state index is -0.746. The average molecular weight is 603 g/mol. The number of aliphatic hydroxyl groups is 2. The molecule has 2 N–H and O–H groups in total. The van der Waals surface area contributed by atoms with Gasteiger partial charge in [0.2, 0.25) is 0 Å². The summed E-state index contributed by atoms with van der Waals surface area (Å²) in [7, 11) is 0. The Morgan fingerprint density at radius 1 is 1.05 bits per heavy atom. The largest absolute Gasteiger partial charge is 0.491 e. The Morgan fingerprint density at radius 3 is 2.66 bits per heavy atom. The lowest BCUT2D eigenvalue weighted by Crippen LogP contribution is -2.49. The quantitative estimate of drug-likeness (QED) is 0.302. The molecule has 220 valence electrons. The number of benzene rings is 2. The van der Waals surface area contributed by atoms with Crippen LogP contribution in [0.5, 0.6) is 5.75 Å². The van der Waals surface area contributed by atoms with Crippen LogP contribution in [0.25, 0.3) is 0 Å². The van der Waals surface area contributed by atoms with Crippen LogP contribution in [0.15, 0.2) is 60.7 Å². The molecule has 0 radical (unpaired) electrons. The van der Waals surface area contributed by atoms with Crippen LogP contribution in [0.1, 0.15) is 48.4 Å². The van der Waals surface area contributed by atoms with Crippen LogP contribution in [0.3, 0.4) is 0 Å². The molecule has 1 unspecified atom stereocenters. The van der Waals surface area contributed by atoms with Crippen molar-refractivity contribution in [1.29, 1.82) is 0 Å². The van der Waals surface area contributed by atoms with Gasteiger partial charge in [0.25, 0.3) is 0 Å². The summed E-state index contributed by atoms with van der Waals surface area (Å²) in [5.74, 6) is 0.615. The van der Waals surface area contributed by atoms with Crippen molar-refractivity contribution in [2.45, 2.75) is 44.3 Å². The molecule has 3 heterocycles. The van der Waals surface area contributed by atoms with E-state index in [1.54, 1.807) is 6.07 Å². The van der Waals surface area contributed by atoms with Gasteiger partial charge in [0.15, 0.2) is 6.29 Å². The zero-order valence-electron chi connectivity index (χ0n) is 23.0. The molecule has 2 aromatic carbocycles. The van der Waals surface area contributed by atoms with Gasteiger partial charge in [0, 0.05) is 43.9 Å². The highest BCUT2D eigenvalue weighted by Crippen LogP contribution is 2.37. The molecule has 0 amide bonds. The Kier molecular flexibility index (Phi) is 10.7. The molecule has 2 aliphatic rings. The highest BCUT2D eigenvalue weighted by molar-refractivity contribution is 6.33. The number of β-amino-alcohol motifs (C(OH)–C–C–N with tert-alkyl or cyclic N) is 1. The van der Waals surface area contributed by atoms with Crippen molar-refractivity contribution in [3.63, 3.8) is 0 Å². The number of pyridine rings is 1. The van der Waals surface area contributed by atoms with E-state index in [2.05, 4.69) is 14.8 Å². The first-order valence-corrected chi connectivity index (χ1v) is 14.9. The van der Waals surface area contributed by atoms with Crippen LogP contribution in [-0.4, -0.2) is 72.4 Å². The normalized spacial score (nSPS) is 20.6. The average Bonchev–Trinajstić information content (AvgIpc) is 3.00. The first-order chi connectivity index (χ1) is 20.0. The van der Waals surface area contributed by atoms with Crippen molar-refractivity contribution >= 4 is 28.9 Å². The summed E-state index contributed by atoms with van der Waals surface area (Å²) in [5.41, 5.74) is 3.41. The highest BCUT2D eigenvalue weighted by Gasteiger charge is 2.31. The van der Waals surface area contributed by atoms with Crippen molar-refractivity contribution in [2.24, 2.45) is 0 Å². The Bertz CT molecular complexity index is 1260. The zero-order chi connectivity index (χ0) is 28.6. The summed E-state index contributed by atoms with van der Waals surface area (Å²) in [6, 6.07) is 19.1. The highest BCUT2D eigenvalue weighted by atomic mass is 35.5. The van der Waals surface area contributed by atoms with Gasteiger partial charge in [0.05, 0.1) is 41.4 Å². The molecule has 10 heteroatoms. The number of anilines is 1. The summed E-state index contributed by atoms with van der Waals surface area (Å²) < 4.78 is 17.1. The first-order valence-electron chi connectivity index (χ1n) is 14.1. The molecule has 0 spiro atoms. The summed E-state index contributed by atoms with van der Waals surface area (Å²) in [4.78, 5) is 9.23. The second-order valence-corrected chi connectivity index (χ2v) is 11.2. The number of ether oxygens (including phenoxy) is 3. The van der Waals surface area contributed by atoms with E-state index in [1.165, 1.54) is 0 Å². The van der Waals surface area contributed by atoms with E-state index < -0.39 is 6.10 Å². The maximum absolute atomic E-state index is 11.2. The first kappa shape index (κ1) is 30.0. The molecule has 1 aromatic heterocycles. The van der Waals surface area contributed by atoms with Gasteiger partial charge in [-0.15, -0.1) is 0 Å². The Balaban J connectivity index is 1.27. The van der Waals surface area contributed by atoms with Gasteiger partial charge in [-0.3, -0.25) is 9.88 Å². The van der Waals surface area contributed by atoms with Gasteiger partial charge >= 0.3 is 0 Å². The number of piperazine rings is 1. The minimum Gasteiger partial charge on any atom is -0.491 e. The Morgan fingerprint density at radius 2 is 1.90 bits per heavy atom. The fourth-order valence-corrected chi connectivity index (χ4v) is 5.77. The van der Waals surface area contributed by atoms with Crippen molar-refractivity contribution in [3.05, 3.63) is 87.7 Å². The number of rotatable bonds is 11. The van der Waals surface area contributed by atoms with Crippen molar-refractivity contribution in [3.8, 4) is 5.75 Å². The lowest BCUT2D eigenvalue weighted by atomic mass is 10.0. The van der Waals surface area contributed by atoms with Crippen LogP contribution in [0, 0.1) is 0 Å². The second-order valence-electron chi connectivity index (χ2n) is 10.4. The van der Waals surface area contributed by atoms with Gasteiger partial charge in [0.1, 0.15) is 18.5 Å². The zero-order valence-corrected chi connectivity index (χ0v) is 24.5. The third-order valence-corrected chi connectivity index (χ3v) is 8.02. The van der Waals surface area contributed by atoms with Crippen LogP contribution in [0.2, 0.25) is 10.0 Å². The van der Waals surface area contributed by atoms with Crippen LogP contribution in [0.4, 0.5) is 5.69 Å². The molecule has 0 aliphatic carbocycles. The molecule has 41 heavy (non-hydrogen) atoms. The van der Waals surface area contributed by atoms with Gasteiger partial charge < -0.3 is 29.3 Å². The second kappa shape index (κ2) is 14.6. The van der Waals surface area contributed by atoms with E-state index in [1.807, 2.05) is 54.6 Å². The number of hydrogen-bond acceptors (Lipinski definition) is 8. The summed E-state index contributed by atoms with van der Waals surface area (Å²) in [6.07, 6.45) is 2.16. The molecule has 3 atom stereocenters. The topological polar surface area (TPSA) is 87.5 Å². The van der Waals surface area contributed by atoms with Gasteiger partial charge in [-0.05, 0) is 61.2 Å². The number of hydrogen-bond donors (Lipinski definition) is 2. The molecular weight excluding hydrogens is 565 g/mol. The number of halogens is 2. The SMILES string of the molecule is OCCOc1ccc(N2CCN(C[C@@H](O)c3cccc(COC4CCCCO4)n3)C[C@H]2c2ccc(Cl)cc2)c(Cl)c1. The van der Waals surface area contributed by atoms with Gasteiger partial charge in [-0.1, -0.05) is 41.4 Å². The molecule has 5 rings (SSSR count). The molecule has 2 aliphatic heterocycles. The number of aromatic nitrogens is 1. The predicted molar refractivity (Wildman–Crippen MR) is 160 cm³/mol. The van der Waals surface area contributed by atoms with E-state index in [4.69, 9.17) is 42.5 Å².